The summed E-state index contributed by atoms with van der Waals surface area (Å²) in [4.78, 5) is 1.99. The highest BCUT2D eigenvalue weighted by atomic mass is 32.2. The first-order valence-electron chi connectivity index (χ1n) is 14.3. The maximum atomic E-state index is 13.6. The number of phenolic OH excluding ortho intramolecular Hbond substituents is 1. The van der Waals surface area contributed by atoms with Crippen molar-refractivity contribution in [2.45, 2.75) is 76.3 Å². The number of sulfone groups is 1. The van der Waals surface area contributed by atoms with Crippen molar-refractivity contribution in [1.82, 2.24) is 4.90 Å². The molecule has 0 atom stereocenters. The molecule has 0 amide bonds. The Bertz CT molecular complexity index is 1310. The van der Waals surface area contributed by atoms with Crippen molar-refractivity contribution >= 4 is 21.0 Å². The van der Waals surface area contributed by atoms with E-state index in [1.54, 1.807) is 6.07 Å². The van der Waals surface area contributed by atoms with E-state index in [4.69, 9.17) is 0 Å². The summed E-state index contributed by atoms with van der Waals surface area (Å²) in [6, 6.07) is 12.0. The minimum Gasteiger partial charge on any atom is -0.508 e. The highest BCUT2D eigenvalue weighted by molar-refractivity contribution is 7.91. The van der Waals surface area contributed by atoms with Gasteiger partial charge in [-0.25, -0.2) is 12.8 Å². The molecule has 0 fully saturated rings. The summed E-state index contributed by atoms with van der Waals surface area (Å²) < 4.78 is 101. The number of aryl methyl sites for hydroxylation is 1. The zero-order valence-electron chi connectivity index (χ0n) is 23.8. The van der Waals surface area contributed by atoms with Gasteiger partial charge < -0.3 is 10.0 Å². The number of fused-ring (bicyclic) bond motifs is 1. The van der Waals surface area contributed by atoms with Crippen molar-refractivity contribution in [2.75, 3.05) is 31.6 Å². The predicted octanol–water partition coefficient (Wildman–Crippen LogP) is 8.05. The van der Waals surface area contributed by atoms with Crippen LogP contribution in [0.2, 0.25) is 0 Å². The van der Waals surface area contributed by atoms with Gasteiger partial charge in [-0.05, 0) is 124 Å². The molecule has 1 aliphatic rings. The number of aromatic hydroxyl groups is 1. The summed E-state index contributed by atoms with van der Waals surface area (Å²) in [6.45, 7) is 1.20. The maximum absolute atomic E-state index is 13.6. The molecule has 0 aliphatic heterocycles. The molecule has 0 aromatic heterocycles. The van der Waals surface area contributed by atoms with E-state index in [-0.39, 0.29) is 23.7 Å². The summed E-state index contributed by atoms with van der Waals surface area (Å²) in [5, 5.41) is 10.0. The van der Waals surface area contributed by atoms with Crippen LogP contribution in [-0.2, 0) is 16.3 Å². The van der Waals surface area contributed by atoms with Crippen LogP contribution >= 0.6 is 0 Å². The van der Waals surface area contributed by atoms with E-state index in [1.165, 1.54) is 23.3 Å². The molecule has 0 spiro atoms. The number of hydrogen-bond donors (Lipinski definition) is 1. The number of allylic oxidation sites excluding steroid dienone is 2. The van der Waals surface area contributed by atoms with Crippen LogP contribution in [-0.4, -0.2) is 62.2 Å². The molecule has 0 radical (unpaired) electrons. The van der Waals surface area contributed by atoms with E-state index in [2.05, 4.69) is 0 Å². The number of nitrogens with zero attached hydrogens (tertiary/aromatic N) is 1. The van der Waals surface area contributed by atoms with Gasteiger partial charge in [0.2, 0.25) is 0 Å². The van der Waals surface area contributed by atoms with Gasteiger partial charge in [-0.3, -0.25) is 0 Å². The molecule has 0 heterocycles. The molecule has 2 aromatic rings. The maximum Gasteiger partial charge on any atom is 0.453 e. The number of benzene rings is 2. The van der Waals surface area contributed by atoms with Crippen LogP contribution < -0.4 is 0 Å². The van der Waals surface area contributed by atoms with Gasteiger partial charge in [-0.1, -0.05) is 24.6 Å². The van der Waals surface area contributed by atoms with E-state index in [0.717, 1.165) is 68.2 Å². The number of halogens is 6. The monoisotopic (exact) mass is 619 g/mol. The van der Waals surface area contributed by atoms with E-state index in [1.807, 2.05) is 36.2 Å². The van der Waals surface area contributed by atoms with E-state index >= 15 is 0 Å². The first kappa shape index (κ1) is 34.0. The standard InChI is InChI=1S/C31H39F6NO3S/c1-38(19-7-21-42(40,41)20-6-17-30(33,34)31(35,36)37)18-4-2-3-9-29-27(23-11-13-25(32)14-12-23)10-5-8-24-22-26(39)15-16-28(24)29/h11-16,22,39H,2-10,17-21H2,1H3. The number of alkyl halides is 5. The first-order chi connectivity index (χ1) is 19.7. The Hall–Kier alpha value is -2.53. The smallest absolute Gasteiger partial charge is 0.453 e. The zero-order valence-corrected chi connectivity index (χ0v) is 24.6. The van der Waals surface area contributed by atoms with Crippen LogP contribution in [0.25, 0.3) is 11.1 Å². The lowest BCUT2D eigenvalue weighted by Crippen LogP contribution is -2.36. The van der Waals surface area contributed by atoms with Crippen LogP contribution in [0.3, 0.4) is 0 Å². The van der Waals surface area contributed by atoms with Crippen LogP contribution in [0.5, 0.6) is 5.75 Å². The summed E-state index contributed by atoms with van der Waals surface area (Å²) in [6.07, 6.45) is -1.54. The van der Waals surface area contributed by atoms with Crippen LogP contribution in [0.15, 0.2) is 42.5 Å². The molecule has 3 rings (SSSR count). The lowest BCUT2D eigenvalue weighted by Gasteiger charge is -2.19. The van der Waals surface area contributed by atoms with Crippen LogP contribution in [0.4, 0.5) is 26.3 Å². The van der Waals surface area contributed by atoms with Gasteiger partial charge in [0, 0.05) is 6.42 Å². The van der Waals surface area contributed by atoms with Crippen LogP contribution in [0, 0.1) is 5.82 Å². The highest BCUT2D eigenvalue weighted by Crippen LogP contribution is 2.40. The van der Waals surface area contributed by atoms with E-state index in [9.17, 15) is 39.9 Å². The Balaban J connectivity index is 1.47. The van der Waals surface area contributed by atoms with Gasteiger partial charge in [-0.15, -0.1) is 0 Å². The predicted molar refractivity (Wildman–Crippen MR) is 154 cm³/mol. The Morgan fingerprint density at radius 1 is 0.857 bits per heavy atom. The third-order valence-corrected chi connectivity index (χ3v) is 9.49. The Labute approximate surface area is 244 Å². The first-order valence-corrected chi connectivity index (χ1v) is 16.1. The Morgan fingerprint density at radius 3 is 2.21 bits per heavy atom. The molecule has 234 valence electrons. The number of phenols is 1. The molecule has 0 unspecified atom stereocenters. The molecule has 0 saturated heterocycles. The molecule has 11 heteroatoms. The molecule has 2 aromatic carbocycles. The molecule has 42 heavy (non-hydrogen) atoms. The lowest BCUT2D eigenvalue weighted by molar-refractivity contribution is -0.284. The van der Waals surface area contributed by atoms with E-state index in [0.29, 0.717) is 6.54 Å². The second-order valence-electron chi connectivity index (χ2n) is 11.1. The molecular formula is C31H39F6NO3S. The average Bonchev–Trinajstić information content (AvgIpc) is 3.07. The van der Waals surface area contributed by atoms with E-state index < -0.39 is 40.5 Å². The second-order valence-corrected chi connectivity index (χ2v) is 13.4. The lowest BCUT2D eigenvalue weighted by atomic mass is 9.89. The zero-order chi connectivity index (χ0) is 31.0. The highest BCUT2D eigenvalue weighted by Gasteiger charge is 2.56. The van der Waals surface area contributed by atoms with Crippen molar-refractivity contribution in [3.63, 3.8) is 0 Å². The fourth-order valence-electron chi connectivity index (χ4n) is 5.39. The van der Waals surface area contributed by atoms with Crippen molar-refractivity contribution < 1.29 is 39.9 Å². The van der Waals surface area contributed by atoms with Crippen molar-refractivity contribution in [2.24, 2.45) is 0 Å². The van der Waals surface area contributed by atoms with Crippen molar-refractivity contribution in [3.05, 3.63) is 65.0 Å². The minimum atomic E-state index is -5.68. The summed E-state index contributed by atoms with van der Waals surface area (Å²) >= 11 is 0. The van der Waals surface area contributed by atoms with Crippen molar-refractivity contribution in [3.8, 4) is 5.75 Å². The van der Waals surface area contributed by atoms with Gasteiger partial charge >= 0.3 is 12.1 Å². The summed E-state index contributed by atoms with van der Waals surface area (Å²) in [5.74, 6) is -5.89. The topological polar surface area (TPSA) is 57.6 Å². The number of rotatable bonds is 15. The third-order valence-electron chi connectivity index (χ3n) is 7.67. The fraction of sp³-hybridized carbons (Fsp3) is 0.548. The summed E-state index contributed by atoms with van der Waals surface area (Å²) in [5.41, 5.74) is 5.62. The molecule has 0 bridgehead atoms. The number of unbranched alkanes of at least 4 members (excludes halogenated alkanes) is 2. The quantitative estimate of drug-likeness (QED) is 0.162. The van der Waals surface area contributed by atoms with Crippen LogP contribution in [0.1, 0.15) is 74.5 Å². The third kappa shape index (κ3) is 10.0. The Kier molecular flexibility index (Phi) is 11.9. The molecule has 1 N–H and O–H groups in total. The van der Waals surface area contributed by atoms with Gasteiger partial charge in [-0.2, -0.15) is 22.0 Å². The second kappa shape index (κ2) is 14.8. The molecule has 1 aliphatic carbocycles. The molecule has 0 saturated carbocycles. The SMILES string of the molecule is CN(CCCCCC1=C(c2ccc(F)cc2)CCCc2cc(O)ccc21)CCCS(=O)(=O)CCCC(F)(F)C(F)(F)F. The van der Waals surface area contributed by atoms with Gasteiger partial charge in [0.25, 0.3) is 0 Å². The normalized spacial score (nSPS) is 14.8. The number of hydrogen-bond acceptors (Lipinski definition) is 4. The van der Waals surface area contributed by atoms with Gasteiger partial charge in [0.05, 0.1) is 11.5 Å². The fourth-order valence-corrected chi connectivity index (χ4v) is 6.75. The van der Waals surface area contributed by atoms with Crippen molar-refractivity contribution in [1.29, 1.82) is 0 Å². The van der Waals surface area contributed by atoms with Gasteiger partial charge in [0.1, 0.15) is 21.4 Å². The molecule has 4 nitrogen and oxygen atoms in total. The Morgan fingerprint density at radius 2 is 1.52 bits per heavy atom. The summed E-state index contributed by atoms with van der Waals surface area (Å²) in [7, 11) is -1.86. The largest absolute Gasteiger partial charge is 0.508 e. The van der Waals surface area contributed by atoms with Gasteiger partial charge in [0.15, 0.2) is 0 Å². The minimum absolute atomic E-state index is 0.233. The molecular weight excluding hydrogens is 580 g/mol. The average molecular weight is 620 g/mol.